The molecule has 0 radical (unpaired) electrons. The van der Waals surface area contributed by atoms with Crippen molar-refractivity contribution in [3.05, 3.63) is 35.4 Å². The quantitative estimate of drug-likeness (QED) is 0.613. The van der Waals surface area contributed by atoms with Crippen LogP contribution in [0.1, 0.15) is 56.2 Å². The van der Waals surface area contributed by atoms with Crippen LogP contribution in [-0.2, 0) is 6.42 Å². The minimum atomic E-state index is 0.276. The molecule has 19 heavy (non-hydrogen) atoms. The summed E-state index contributed by atoms with van der Waals surface area (Å²) >= 11 is 2.09. The van der Waals surface area contributed by atoms with Crippen LogP contribution in [0.15, 0.2) is 24.3 Å². The molecule has 0 saturated heterocycles. The molecular formula is C16H26N2S. The van der Waals surface area contributed by atoms with Gasteiger partial charge in [0.15, 0.2) is 0 Å². The van der Waals surface area contributed by atoms with Gasteiger partial charge in [-0.25, -0.2) is 0 Å². The average molecular weight is 278 g/mol. The predicted octanol–water partition coefficient (Wildman–Crippen LogP) is 3.82. The van der Waals surface area contributed by atoms with Crippen LogP contribution in [0.3, 0.4) is 0 Å². The van der Waals surface area contributed by atoms with E-state index in [2.05, 4.69) is 48.4 Å². The topological polar surface area (TPSA) is 38.0 Å². The molecular weight excluding hydrogens is 252 g/mol. The van der Waals surface area contributed by atoms with Crippen LogP contribution >= 0.6 is 11.8 Å². The summed E-state index contributed by atoms with van der Waals surface area (Å²) in [7, 11) is 0. The first-order valence-corrected chi connectivity index (χ1v) is 8.55. The summed E-state index contributed by atoms with van der Waals surface area (Å²) < 4.78 is 0. The summed E-state index contributed by atoms with van der Waals surface area (Å²) in [5, 5.41) is 0.847. The number of nitrogens with two attached hydrogens (primary N) is 1. The zero-order valence-corrected chi connectivity index (χ0v) is 12.7. The Morgan fingerprint density at radius 2 is 1.89 bits per heavy atom. The molecule has 0 spiro atoms. The first kappa shape index (κ1) is 14.9. The third kappa shape index (κ3) is 4.51. The predicted molar refractivity (Wildman–Crippen MR) is 85.2 cm³/mol. The first-order valence-electron chi connectivity index (χ1n) is 7.50. The fourth-order valence-corrected chi connectivity index (χ4v) is 4.11. The van der Waals surface area contributed by atoms with E-state index in [9.17, 15) is 0 Å². The van der Waals surface area contributed by atoms with Gasteiger partial charge >= 0.3 is 0 Å². The van der Waals surface area contributed by atoms with Crippen LogP contribution in [-0.4, -0.2) is 11.0 Å². The van der Waals surface area contributed by atoms with Crippen molar-refractivity contribution in [2.24, 2.45) is 5.84 Å². The normalized spacial score (nSPS) is 18.4. The molecule has 0 heterocycles. The Kier molecular flexibility index (Phi) is 6.21. The molecule has 1 aliphatic rings. The van der Waals surface area contributed by atoms with E-state index in [-0.39, 0.29) is 6.04 Å². The second-order valence-electron chi connectivity index (χ2n) is 5.41. The summed E-state index contributed by atoms with van der Waals surface area (Å²) in [6.45, 7) is 2.19. The Morgan fingerprint density at radius 3 is 2.47 bits per heavy atom. The van der Waals surface area contributed by atoms with Crippen molar-refractivity contribution in [1.29, 1.82) is 0 Å². The summed E-state index contributed by atoms with van der Waals surface area (Å²) in [6.07, 6.45) is 8.10. The third-order valence-corrected chi connectivity index (χ3v) is 5.51. The Labute approximate surface area is 121 Å². The molecule has 1 aliphatic carbocycles. The van der Waals surface area contributed by atoms with Crippen molar-refractivity contribution in [3.63, 3.8) is 0 Å². The monoisotopic (exact) mass is 278 g/mol. The van der Waals surface area contributed by atoms with Crippen molar-refractivity contribution in [1.82, 2.24) is 5.43 Å². The Balaban J connectivity index is 1.87. The van der Waals surface area contributed by atoms with Crippen LogP contribution in [0, 0.1) is 0 Å². The van der Waals surface area contributed by atoms with Crippen LogP contribution in [0.4, 0.5) is 0 Å². The van der Waals surface area contributed by atoms with E-state index in [1.807, 2.05) is 0 Å². The third-order valence-electron chi connectivity index (χ3n) is 4.04. The minimum Gasteiger partial charge on any atom is -0.271 e. The average Bonchev–Trinajstić information content (AvgIpc) is 2.49. The summed E-state index contributed by atoms with van der Waals surface area (Å²) in [5.74, 6) is 6.80. The largest absolute Gasteiger partial charge is 0.271 e. The Morgan fingerprint density at radius 1 is 1.21 bits per heavy atom. The van der Waals surface area contributed by atoms with E-state index in [0.717, 1.165) is 17.4 Å². The molecule has 106 valence electrons. The van der Waals surface area contributed by atoms with Gasteiger partial charge in [-0.05, 0) is 30.4 Å². The number of thioether (sulfide) groups is 1. The molecule has 0 amide bonds. The highest BCUT2D eigenvalue weighted by atomic mass is 32.2. The molecule has 0 aromatic heterocycles. The van der Waals surface area contributed by atoms with Crippen LogP contribution < -0.4 is 11.3 Å². The Bertz CT molecular complexity index is 358. The van der Waals surface area contributed by atoms with Gasteiger partial charge in [-0.3, -0.25) is 11.3 Å². The molecule has 3 heteroatoms. The van der Waals surface area contributed by atoms with E-state index < -0.39 is 0 Å². The van der Waals surface area contributed by atoms with Crippen molar-refractivity contribution >= 4 is 11.8 Å². The summed E-state index contributed by atoms with van der Waals surface area (Å²) in [6, 6.07) is 9.13. The number of nitrogens with one attached hydrogen (secondary N) is 1. The van der Waals surface area contributed by atoms with Gasteiger partial charge in [-0.1, -0.05) is 50.5 Å². The fraction of sp³-hybridized carbons (Fsp3) is 0.625. The molecule has 1 unspecified atom stereocenters. The van der Waals surface area contributed by atoms with E-state index in [1.54, 1.807) is 0 Å². The molecule has 2 rings (SSSR count). The smallest absolute Gasteiger partial charge is 0.0550 e. The molecule has 1 saturated carbocycles. The fourth-order valence-electron chi connectivity index (χ4n) is 2.69. The van der Waals surface area contributed by atoms with Gasteiger partial charge in [0.1, 0.15) is 0 Å². The van der Waals surface area contributed by atoms with Gasteiger partial charge < -0.3 is 0 Å². The van der Waals surface area contributed by atoms with Crippen molar-refractivity contribution < 1.29 is 0 Å². The molecule has 1 aromatic carbocycles. The molecule has 1 atom stereocenters. The van der Waals surface area contributed by atoms with Gasteiger partial charge in [-0.2, -0.15) is 11.8 Å². The zero-order chi connectivity index (χ0) is 13.5. The Hall–Kier alpha value is -0.510. The number of hydrazine groups is 1. The maximum Gasteiger partial charge on any atom is 0.0550 e. The second-order valence-corrected chi connectivity index (χ2v) is 6.74. The molecule has 2 nitrogen and oxygen atoms in total. The van der Waals surface area contributed by atoms with Gasteiger partial charge in [-0.15, -0.1) is 0 Å². The molecule has 3 N–H and O–H groups in total. The molecule has 1 fully saturated rings. The molecule has 0 bridgehead atoms. The number of hydrogen-bond acceptors (Lipinski definition) is 3. The SMILES string of the molecule is CCc1ccc(C(CSC2CCCCC2)NN)cc1. The van der Waals surface area contributed by atoms with E-state index in [1.165, 1.54) is 43.2 Å². The maximum atomic E-state index is 5.73. The highest BCUT2D eigenvalue weighted by Crippen LogP contribution is 2.30. The van der Waals surface area contributed by atoms with Crippen molar-refractivity contribution in [3.8, 4) is 0 Å². The minimum absolute atomic E-state index is 0.276. The van der Waals surface area contributed by atoms with Crippen LogP contribution in [0.5, 0.6) is 0 Å². The lowest BCUT2D eigenvalue weighted by Crippen LogP contribution is -2.30. The van der Waals surface area contributed by atoms with E-state index in [0.29, 0.717) is 0 Å². The maximum absolute atomic E-state index is 5.73. The zero-order valence-electron chi connectivity index (χ0n) is 11.9. The highest BCUT2D eigenvalue weighted by molar-refractivity contribution is 7.99. The highest BCUT2D eigenvalue weighted by Gasteiger charge is 2.17. The van der Waals surface area contributed by atoms with Gasteiger partial charge in [0.25, 0.3) is 0 Å². The van der Waals surface area contributed by atoms with Gasteiger partial charge in [0.05, 0.1) is 6.04 Å². The number of hydrogen-bond donors (Lipinski definition) is 2. The first-order chi connectivity index (χ1) is 9.33. The van der Waals surface area contributed by atoms with Crippen LogP contribution in [0.25, 0.3) is 0 Å². The van der Waals surface area contributed by atoms with E-state index in [4.69, 9.17) is 5.84 Å². The number of aryl methyl sites for hydroxylation is 1. The van der Waals surface area contributed by atoms with Crippen LogP contribution in [0.2, 0.25) is 0 Å². The standard InChI is InChI=1S/C16H26N2S/c1-2-13-8-10-14(11-9-13)16(18-17)12-19-15-6-4-3-5-7-15/h8-11,15-16,18H,2-7,12,17H2,1H3. The molecule has 1 aromatic rings. The summed E-state index contributed by atoms with van der Waals surface area (Å²) in [5.41, 5.74) is 5.67. The summed E-state index contributed by atoms with van der Waals surface area (Å²) in [4.78, 5) is 0. The lowest BCUT2D eigenvalue weighted by atomic mass is 10.0. The second kappa shape index (κ2) is 7.93. The van der Waals surface area contributed by atoms with Gasteiger partial charge in [0, 0.05) is 11.0 Å². The lowest BCUT2D eigenvalue weighted by Gasteiger charge is -2.24. The molecule has 0 aliphatic heterocycles. The van der Waals surface area contributed by atoms with Gasteiger partial charge in [0.2, 0.25) is 0 Å². The van der Waals surface area contributed by atoms with E-state index >= 15 is 0 Å². The number of rotatable bonds is 6. The van der Waals surface area contributed by atoms with Crippen molar-refractivity contribution in [2.45, 2.75) is 56.7 Å². The van der Waals surface area contributed by atoms with Crippen molar-refractivity contribution in [2.75, 3.05) is 5.75 Å². The lowest BCUT2D eigenvalue weighted by molar-refractivity contribution is 0.514. The number of benzene rings is 1.